The summed E-state index contributed by atoms with van der Waals surface area (Å²) in [5.41, 5.74) is 3.79. The number of carbonyl (C=O) groups is 1. The molecule has 1 amide bonds. The lowest BCUT2D eigenvalue weighted by Crippen LogP contribution is -2.24. The van der Waals surface area contributed by atoms with Crippen molar-refractivity contribution >= 4 is 17.8 Å². The Balaban J connectivity index is 1.92. The predicted octanol–water partition coefficient (Wildman–Crippen LogP) is 3.43. The number of hydrogen-bond donors (Lipinski definition) is 1. The Labute approximate surface area is 163 Å². The van der Waals surface area contributed by atoms with E-state index in [4.69, 9.17) is 9.47 Å². The highest BCUT2D eigenvalue weighted by Crippen LogP contribution is 2.24. The van der Waals surface area contributed by atoms with Gasteiger partial charge in [-0.25, -0.2) is 5.43 Å². The van der Waals surface area contributed by atoms with Crippen LogP contribution in [0.25, 0.3) is 0 Å². The van der Waals surface area contributed by atoms with Crippen LogP contribution in [0.4, 0.5) is 5.69 Å². The van der Waals surface area contributed by atoms with E-state index in [1.807, 2.05) is 24.3 Å². The van der Waals surface area contributed by atoms with Gasteiger partial charge in [-0.2, -0.15) is 5.10 Å². The summed E-state index contributed by atoms with van der Waals surface area (Å²) < 4.78 is 10.6. The van der Waals surface area contributed by atoms with Gasteiger partial charge in [0.05, 0.1) is 18.2 Å². The molecule has 28 heavy (non-hydrogen) atoms. The highest BCUT2D eigenvalue weighted by atomic mass is 16.6. The molecule has 0 unspecified atom stereocenters. The number of non-ortho nitro benzene ring substituents is 1. The van der Waals surface area contributed by atoms with E-state index in [2.05, 4.69) is 31.3 Å². The number of hydrogen-bond acceptors (Lipinski definition) is 6. The lowest BCUT2D eigenvalue weighted by atomic mass is 9.87. The normalized spacial score (nSPS) is 11.3. The van der Waals surface area contributed by atoms with Crippen molar-refractivity contribution in [3.8, 4) is 11.5 Å². The molecule has 2 aromatic rings. The standard InChI is InChI=1S/C20H23N3O5/c1-20(2,3)15-5-8-17(9-6-15)28-13-19(24)22-21-12-14-11-16(23(25)26)7-10-18(14)27-4/h5-12H,13H2,1-4H3,(H,22,24). The number of rotatable bonds is 7. The van der Waals surface area contributed by atoms with E-state index in [0.29, 0.717) is 17.1 Å². The molecule has 148 valence electrons. The van der Waals surface area contributed by atoms with Crippen LogP contribution in [0.5, 0.6) is 11.5 Å². The summed E-state index contributed by atoms with van der Waals surface area (Å²) in [4.78, 5) is 22.2. The van der Waals surface area contributed by atoms with Gasteiger partial charge in [-0.1, -0.05) is 32.9 Å². The molecule has 2 rings (SSSR count). The third-order valence-electron chi connectivity index (χ3n) is 3.91. The Kier molecular flexibility index (Phi) is 6.70. The van der Waals surface area contributed by atoms with Crippen LogP contribution in [0.2, 0.25) is 0 Å². The van der Waals surface area contributed by atoms with Crippen molar-refractivity contribution in [2.45, 2.75) is 26.2 Å². The zero-order chi connectivity index (χ0) is 20.7. The van der Waals surface area contributed by atoms with E-state index < -0.39 is 10.8 Å². The van der Waals surface area contributed by atoms with Gasteiger partial charge in [0.1, 0.15) is 11.5 Å². The Hall–Kier alpha value is -3.42. The minimum Gasteiger partial charge on any atom is -0.496 e. The van der Waals surface area contributed by atoms with Gasteiger partial charge in [0, 0.05) is 17.7 Å². The summed E-state index contributed by atoms with van der Waals surface area (Å²) in [6.07, 6.45) is 1.28. The number of nitro groups is 1. The van der Waals surface area contributed by atoms with Gasteiger partial charge >= 0.3 is 0 Å². The van der Waals surface area contributed by atoms with Gasteiger partial charge in [-0.15, -0.1) is 0 Å². The Morgan fingerprint density at radius 1 is 1.21 bits per heavy atom. The average molecular weight is 385 g/mol. The van der Waals surface area contributed by atoms with E-state index in [1.54, 1.807) is 0 Å². The molecular formula is C20H23N3O5. The fourth-order valence-corrected chi connectivity index (χ4v) is 2.34. The molecule has 0 aliphatic heterocycles. The molecule has 0 fully saturated rings. The van der Waals surface area contributed by atoms with Crippen LogP contribution in [0.1, 0.15) is 31.9 Å². The van der Waals surface area contributed by atoms with E-state index in [1.165, 1.54) is 37.1 Å². The summed E-state index contributed by atoms with van der Waals surface area (Å²) in [6, 6.07) is 11.6. The zero-order valence-corrected chi connectivity index (χ0v) is 16.3. The summed E-state index contributed by atoms with van der Waals surface area (Å²) in [5.74, 6) is 0.520. The van der Waals surface area contributed by atoms with Crippen LogP contribution in [0, 0.1) is 10.1 Å². The molecule has 2 aromatic carbocycles. The first-order chi connectivity index (χ1) is 13.2. The molecule has 0 radical (unpaired) electrons. The monoisotopic (exact) mass is 385 g/mol. The number of methoxy groups -OCH3 is 1. The fraction of sp³-hybridized carbons (Fsp3) is 0.300. The molecule has 0 aliphatic carbocycles. The predicted molar refractivity (Wildman–Crippen MR) is 106 cm³/mol. The number of ether oxygens (including phenoxy) is 2. The van der Waals surface area contributed by atoms with Crippen LogP contribution in [0.3, 0.4) is 0 Å². The molecule has 0 atom stereocenters. The molecule has 1 N–H and O–H groups in total. The van der Waals surface area contributed by atoms with Crippen molar-refractivity contribution in [3.63, 3.8) is 0 Å². The maximum Gasteiger partial charge on any atom is 0.277 e. The quantitative estimate of drug-likeness (QED) is 0.447. The number of nitrogens with zero attached hydrogens (tertiary/aromatic N) is 2. The minimum absolute atomic E-state index is 0.0399. The number of nitrogens with one attached hydrogen (secondary N) is 1. The number of amides is 1. The first kappa shape index (κ1) is 20.9. The van der Waals surface area contributed by atoms with Gasteiger partial charge in [-0.3, -0.25) is 14.9 Å². The van der Waals surface area contributed by atoms with Gasteiger partial charge in [0.15, 0.2) is 6.61 Å². The van der Waals surface area contributed by atoms with Crippen molar-refractivity contribution in [2.75, 3.05) is 13.7 Å². The molecule has 0 aromatic heterocycles. The van der Waals surface area contributed by atoms with Crippen molar-refractivity contribution in [3.05, 3.63) is 63.7 Å². The molecule has 0 aliphatic rings. The molecule has 0 saturated heterocycles. The largest absolute Gasteiger partial charge is 0.496 e. The Morgan fingerprint density at radius 2 is 1.89 bits per heavy atom. The van der Waals surface area contributed by atoms with Crippen LogP contribution < -0.4 is 14.9 Å². The number of hydrazone groups is 1. The molecule has 0 saturated carbocycles. The minimum atomic E-state index is -0.520. The number of nitro benzene ring substituents is 1. The van der Waals surface area contributed by atoms with Gasteiger partial charge in [0.2, 0.25) is 0 Å². The second-order valence-electron chi connectivity index (χ2n) is 7.04. The highest BCUT2D eigenvalue weighted by Gasteiger charge is 2.13. The van der Waals surface area contributed by atoms with Crippen LogP contribution >= 0.6 is 0 Å². The van der Waals surface area contributed by atoms with Crippen molar-refractivity contribution in [1.29, 1.82) is 0 Å². The van der Waals surface area contributed by atoms with Gasteiger partial charge in [0.25, 0.3) is 11.6 Å². The maximum absolute atomic E-state index is 11.9. The van der Waals surface area contributed by atoms with E-state index in [-0.39, 0.29) is 17.7 Å². The van der Waals surface area contributed by atoms with Crippen molar-refractivity contribution in [1.82, 2.24) is 5.43 Å². The highest BCUT2D eigenvalue weighted by molar-refractivity contribution is 5.86. The Bertz CT molecular complexity index is 870. The van der Waals surface area contributed by atoms with Gasteiger partial charge < -0.3 is 9.47 Å². The third kappa shape index (κ3) is 5.80. The van der Waals surface area contributed by atoms with Gasteiger partial charge in [-0.05, 0) is 29.2 Å². The zero-order valence-electron chi connectivity index (χ0n) is 16.3. The fourth-order valence-electron chi connectivity index (χ4n) is 2.34. The Morgan fingerprint density at radius 3 is 2.46 bits per heavy atom. The van der Waals surface area contributed by atoms with Crippen molar-refractivity contribution in [2.24, 2.45) is 5.10 Å². The number of carbonyl (C=O) groups excluding carboxylic acids is 1. The molecule has 0 bridgehead atoms. The summed E-state index contributed by atoms with van der Waals surface area (Å²) >= 11 is 0. The second-order valence-corrected chi connectivity index (χ2v) is 7.04. The molecule has 0 heterocycles. The smallest absolute Gasteiger partial charge is 0.277 e. The maximum atomic E-state index is 11.9. The van der Waals surface area contributed by atoms with Crippen LogP contribution in [0.15, 0.2) is 47.6 Å². The number of benzene rings is 2. The van der Waals surface area contributed by atoms with Crippen molar-refractivity contribution < 1.29 is 19.2 Å². The SMILES string of the molecule is COc1ccc([N+](=O)[O-])cc1C=NNC(=O)COc1ccc(C(C)(C)C)cc1. The summed E-state index contributed by atoms with van der Waals surface area (Å²) in [7, 11) is 1.44. The van der Waals surface area contributed by atoms with E-state index >= 15 is 0 Å². The molecule has 8 nitrogen and oxygen atoms in total. The molecule has 0 spiro atoms. The molecule has 8 heteroatoms. The van der Waals surface area contributed by atoms with Crippen LogP contribution in [-0.2, 0) is 10.2 Å². The summed E-state index contributed by atoms with van der Waals surface area (Å²) in [5, 5.41) is 14.7. The topological polar surface area (TPSA) is 103 Å². The lowest BCUT2D eigenvalue weighted by Gasteiger charge is -2.19. The third-order valence-corrected chi connectivity index (χ3v) is 3.91. The van der Waals surface area contributed by atoms with E-state index in [9.17, 15) is 14.9 Å². The molecular weight excluding hydrogens is 362 g/mol. The first-order valence-electron chi connectivity index (χ1n) is 8.58. The first-order valence-corrected chi connectivity index (χ1v) is 8.58. The lowest BCUT2D eigenvalue weighted by molar-refractivity contribution is -0.384. The van der Waals surface area contributed by atoms with E-state index in [0.717, 1.165) is 0 Å². The van der Waals surface area contributed by atoms with Crippen LogP contribution in [-0.4, -0.2) is 30.8 Å². The summed E-state index contributed by atoms with van der Waals surface area (Å²) in [6.45, 7) is 6.14. The second kappa shape index (κ2) is 8.98. The average Bonchev–Trinajstić information content (AvgIpc) is 2.65.